The molecule has 2 saturated heterocycles. The van der Waals surface area contributed by atoms with Crippen molar-refractivity contribution in [3.8, 4) is 0 Å². The summed E-state index contributed by atoms with van der Waals surface area (Å²) in [5.74, 6) is -0.683. The average molecular weight is 498 g/mol. The molecule has 0 radical (unpaired) electrons. The Balaban J connectivity index is 0.00000342. The molecule has 0 saturated carbocycles. The lowest BCUT2D eigenvalue weighted by Crippen LogP contribution is -2.42. The molecule has 2 fully saturated rings. The summed E-state index contributed by atoms with van der Waals surface area (Å²) in [6, 6.07) is 11.0. The summed E-state index contributed by atoms with van der Waals surface area (Å²) in [5, 5.41) is 10.6. The van der Waals surface area contributed by atoms with Gasteiger partial charge in [-0.15, -0.1) is 12.4 Å². The van der Waals surface area contributed by atoms with Crippen LogP contribution in [-0.4, -0.2) is 59.5 Å². The van der Waals surface area contributed by atoms with Crippen LogP contribution in [0.25, 0.3) is 0 Å². The summed E-state index contributed by atoms with van der Waals surface area (Å²) < 4.78 is 0. The number of benzene rings is 2. The molecular weight excluding hydrogens is 466 g/mol. The number of aryl methyl sites for hydroxylation is 1. The number of amides is 3. The van der Waals surface area contributed by atoms with E-state index < -0.39 is 11.9 Å². The third kappa shape index (κ3) is 5.82. The molecule has 2 heterocycles. The lowest BCUT2D eigenvalue weighted by atomic mass is 10.0. The number of rotatable bonds is 6. The van der Waals surface area contributed by atoms with Gasteiger partial charge in [0.2, 0.25) is 5.91 Å². The first-order chi connectivity index (χ1) is 16.3. The topological polar surface area (TPSA) is 120 Å². The van der Waals surface area contributed by atoms with Crippen molar-refractivity contribution in [3.63, 3.8) is 0 Å². The molecule has 0 aliphatic carbocycles. The second kappa shape index (κ2) is 11.4. The van der Waals surface area contributed by atoms with E-state index in [0.29, 0.717) is 35.3 Å². The number of carbonyl (C=O) groups is 3. The van der Waals surface area contributed by atoms with E-state index in [4.69, 9.17) is 11.1 Å². The molecule has 8 nitrogen and oxygen atoms in total. The van der Waals surface area contributed by atoms with Gasteiger partial charge in [-0.25, -0.2) is 0 Å². The molecule has 2 aromatic carbocycles. The Bertz CT molecular complexity index is 1120. The molecule has 1 unspecified atom stereocenters. The first kappa shape index (κ1) is 26.2. The molecule has 4 rings (SSSR count). The maximum Gasteiger partial charge on any atom is 0.254 e. The molecule has 3 amide bonds. The van der Waals surface area contributed by atoms with Crippen LogP contribution in [0.4, 0.5) is 0 Å². The first-order valence-electron chi connectivity index (χ1n) is 11.8. The first-order valence-corrected chi connectivity index (χ1v) is 11.8. The van der Waals surface area contributed by atoms with Crippen molar-refractivity contribution in [3.05, 3.63) is 70.3 Å². The zero-order valence-electron chi connectivity index (χ0n) is 19.9. The molecule has 2 aromatic rings. The summed E-state index contributed by atoms with van der Waals surface area (Å²) in [4.78, 5) is 42.9. The van der Waals surface area contributed by atoms with Crippen LogP contribution in [-0.2, 0) is 4.79 Å². The predicted molar refractivity (Wildman–Crippen MR) is 137 cm³/mol. The second-order valence-corrected chi connectivity index (χ2v) is 9.01. The number of amidine groups is 1. The predicted octanol–water partition coefficient (Wildman–Crippen LogP) is 3.03. The van der Waals surface area contributed by atoms with Gasteiger partial charge >= 0.3 is 0 Å². The van der Waals surface area contributed by atoms with Crippen molar-refractivity contribution in [2.75, 3.05) is 26.2 Å². The number of nitrogens with one attached hydrogen (secondary N) is 2. The van der Waals surface area contributed by atoms with Gasteiger partial charge in [-0.05, 0) is 68.0 Å². The van der Waals surface area contributed by atoms with Gasteiger partial charge < -0.3 is 20.9 Å². The van der Waals surface area contributed by atoms with Crippen LogP contribution in [0.2, 0.25) is 0 Å². The smallest absolute Gasteiger partial charge is 0.254 e. The number of nitrogen functional groups attached to an aromatic ring is 1. The fraction of sp³-hybridized carbons (Fsp3) is 0.385. The van der Waals surface area contributed by atoms with Crippen LogP contribution >= 0.6 is 12.4 Å². The van der Waals surface area contributed by atoms with Crippen molar-refractivity contribution in [2.24, 2.45) is 5.73 Å². The normalized spacial score (nSPS) is 15.9. The number of likely N-dealkylation sites (tertiary alicyclic amines) is 2. The summed E-state index contributed by atoms with van der Waals surface area (Å²) in [6.07, 6.45) is 3.91. The molecular formula is C26H32ClN5O3. The van der Waals surface area contributed by atoms with Crippen LogP contribution < -0.4 is 11.1 Å². The number of hydrogen-bond acceptors (Lipinski definition) is 4. The van der Waals surface area contributed by atoms with Crippen LogP contribution in [0.3, 0.4) is 0 Å². The van der Waals surface area contributed by atoms with Gasteiger partial charge in [-0.2, -0.15) is 0 Å². The van der Waals surface area contributed by atoms with Crippen molar-refractivity contribution in [2.45, 2.75) is 38.6 Å². The molecule has 2 aliphatic rings. The zero-order chi connectivity index (χ0) is 24.2. The van der Waals surface area contributed by atoms with Crippen molar-refractivity contribution in [1.82, 2.24) is 15.1 Å². The molecule has 1 atom stereocenters. The number of nitrogens with zero attached hydrogens (tertiary/aromatic N) is 2. The monoisotopic (exact) mass is 497 g/mol. The Morgan fingerprint density at radius 1 is 0.914 bits per heavy atom. The van der Waals surface area contributed by atoms with Crippen molar-refractivity contribution < 1.29 is 14.4 Å². The maximum absolute atomic E-state index is 13.3. The minimum Gasteiger partial charge on any atom is -0.384 e. The summed E-state index contributed by atoms with van der Waals surface area (Å²) >= 11 is 0. The quantitative estimate of drug-likeness (QED) is 0.419. The molecule has 0 aromatic heterocycles. The second-order valence-electron chi connectivity index (χ2n) is 9.01. The largest absolute Gasteiger partial charge is 0.384 e. The number of halogens is 1. The van der Waals surface area contributed by atoms with Crippen LogP contribution in [0.5, 0.6) is 0 Å². The van der Waals surface area contributed by atoms with Crippen molar-refractivity contribution in [1.29, 1.82) is 5.41 Å². The Morgan fingerprint density at radius 3 is 2.14 bits per heavy atom. The number of nitrogens with two attached hydrogens (primary N) is 1. The Kier molecular flexibility index (Phi) is 8.51. The van der Waals surface area contributed by atoms with Crippen LogP contribution in [0, 0.1) is 12.3 Å². The Hall–Kier alpha value is -3.39. The van der Waals surface area contributed by atoms with Gasteiger partial charge in [0.15, 0.2) is 0 Å². The summed E-state index contributed by atoms with van der Waals surface area (Å²) in [5.41, 5.74) is 8.42. The van der Waals surface area contributed by atoms with E-state index in [9.17, 15) is 14.4 Å². The van der Waals surface area contributed by atoms with E-state index in [1.807, 2.05) is 11.8 Å². The summed E-state index contributed by atoms with van der Waals surface area (Å²) in [7, 11) is 0. The van der Waals surface area contributed by atoms with Crippen LogP contribution in [0.15, 0.2) is 42.5 Å². The van der Waals surface area contributed by atoms with E-state index in [0.717, 1.165) is 44.3 Å². The Morgan fingerprint density at radius 2 is 1.54 bits per heavy atom. The van der Waals surface area contributed by atoms with Gasteiger partial charge in [0, 0.05) is 42.9 Å². The molecule has 4 N–H and O–H groups in total. The summed E-state index contributed by atoms with van der Waals surface area (Å²) in [6.45, 7) is 4.66. The lowest BCUT2D eigenvalue weighted by Gasteiger charge is -2.25. The molecule has 0 bridgehead atoms. The third-order valence-electron chi connectivity index (χ3n) is 6.58. The SMILES string of the molecule is Cc1cc(C(=O)NC(C(=O)N2CCCC2)c2cccc(C(=N)N)c2)ccc1C(=O)N1CCCC1.Cl. The number of hydrogen-bond donors (Lipinski definition) is 3. The fourth-order valence-electron chi connectivity index (χ4n) is 4.64. The van der Waals surface area contributed by atoms with Gasteiger partial charge in [-0.1, -0.05) is 18.2 Å². The third-order valence-corrected chi connectivity index (χ3v) is 6.58. The minimum absolute atomic E-state index is 0. The molecule has 9 heteroatoms. The molecule has 0 spiro atoms. The van der Waals surface area contributed by atoms with Crippen LogP contribution in [0.1, 0.15) is 69.1 Å². The minimum atomic E-state index is -0.892. The van der Waals surface area contributed by atoms with E-state index in [2.05, 4.69) is 5.32 Å². The molecule has 35 heavy (non-hydrogen) atoms. The molecule has 186 valence electrons. The van der Waals surface area contributed by atoms with E-state index in [-0.39, 0.29) is 30.1 Å². The average Bonchev–Trinajstić information content (AvgIpc) is 3.56. The standard InChI is InChI=1S/C26H31N5O3.ClH/c1-17-15-20(9-10-21(17)25(33)30-11-2-3-12-30)24(32)29-22(26(34)31-13-4-5-14-31)18-7-6-8-19(16-18)23(27)28;/h6-10,15-16,22H,2-5,11-14H2,1H3,(H3,27,28)(H,29,32);1H. The highest BCUT2D eigenvalue weighted by Crippen LogP contribution is 2.22. The van der Waals surface area contributed by atoms with Gasteiger partial charge in [0.25, 0.3) is 11.8 Å². The zero-order valence-corrected chi connectivity index (χ0v) is 20.7. The van der Waals surface area contributed by atoms with Gasteiger partial charge in [0.1, 0.15) is 11.9 Å². The maximum atomic E-state index is 13.3. The number of carbonyl (C=O) groups excluding carboxylic acids is 3. The lowest BCUT2D eigenvalue weighted by molar-refractivity contribution is -0.132. The highest BCUT2D eigenvalue weighted by molar-refractivity contribution is 6.01. The highest BCUT2D eigenvalue weighted by atomic mass is 35.5. The van der Waals surface area contributed by atoms with Crippen molar-refractivity contribution >= 4 is 36.0 Å². The van der Waals surface area contributed by atoms with Gasteiger partial charge in [-0.3, -0.25) is 19.8 Å². The molecule has 2 aliphatic heterocycles. The highest BCUT2D eigenvalue weighted by Gasteiger charge is 2.30. The van der Waals surface area contributed by atoms with Gasteiger partial charge in [0.05, 0.1) is 0 Å². The fourth-order valence-corrected chi connectivity index (χ4v) is 4.64. The van der Waals surface area contributed by atoms with E-state index in [1.54, 1.807) is 47.4 Å². The van der Waals surface area contributed by atoms with E-state index in [1.165, 1.54) is 0 Å². The van der Waals surface area contributed by atoms with E-state index >= 15 is 0 Å². The Labute approximate surface area is 211 Å².